The van der Waals surface area contributed by atoms with Crippen LogP contribution < -0.4 is 4.74 Å². The maximum Gasteiger partial charge on any atom is 0.260 e. The molecule has 2 aliphatic heterocycles. The summed E-state index contributed by atoms with van der Waals surface area (Å²) in [6, 6.07) is 6.71. The largest absolute Gasteiger partial charge is 0.484 e. The molecule has 0 unspecified atom stereocenters. The molecule has 2 saturated heterocycles. The fourth-order valence-electron chi connectivity index (χ4n) is 3.78. The van der Waals surface area contributed by atoms with Crippen LogP contribution in [0.25, 0.3) is 0 Å². The maximum atomic E-state index is 12.6. The van der Waals surface area contributed by atoms with Gasteiger partial charge in [0.1, 0.15) is 5.75 Å². The molecule has 0 spiro atoms. The summed E-state index contributed by atoms with van der Waals surface area (Å²) >= 11 is 0. The molecule has 27 heavy (non-hydrogen) atoms. The van der Waals surface area contributed by atoms with Crippen molar-refractivity contribution in [3.8, 4) is 5.75 Å². The summed E-state index contributed by atoms with van der Waals surface area (Å²) in [5.41, 5.74) is 0. The van der Waals surface area contributed by atoms with Gasteiger partial charge in [-0.2, -0.15) is 4.31 Å². The van der Waals surface area contributed by atoms with Crippen molar-refractivity contribution in [1.82, 2.24) is 9.21 Å². The van der Waals surface area contributed by atoms with Crippen molar-refractivity contribution in [3.63, 3.8) is 0 Å². The Morgan fingerprint density at radius 2 is 1.70 bits per heavy atom. The fourth-order valence-corrected chi connectivity index (χ4v) is 5.18. The van der Waals surface area contributed by atoms with E-state index in [0.717, 1.165) is 19.3 Å². The lowest BCUT2D eigenvalue weighted by atomic mass is 9.97. The zero-order valence-electron chi connectivity index (χ0n) is 16.0. The molecule has 0 N–H and O–H groups in total. The summed E-state index contributed by atoms with van der Waals surface area (Å²) in [5.74, 6) is 0.460. The molecule has 1 amide bonds. The molecule has 0 aliphatic carbocycles. The van der Waals surface area contributed by atoms with Gasteiger partial charge in [-0.25, -0.2) is 8.42 Å². The number of carbonyl (C=O) groups is 1. The van der Waals surface area contributed by atoms with Crippen LogP contribution >= 0.6 is 0 Å². The lowest BCUT2D eigenvalue weighted by Crippen LogP contribution is -2.49. The molecular weight excluding hydrogens is 368 g/mol. The van der Waals surface area contributed by atoms with Gasteiger partial charge in [-0.1, -0.05) is 0 Å². The molecule has 2 heterocycles. The van der Waals surface area contributed by atoms with Crippen molar-refractivity contribution in [2.75, 3.05) is 32.9 Å². The predicted octanol–water partition coefficient (Wildman–Crippen LogP) is 1.88. The van der Waals surface area contributed by atoms with E-state index in [4.69, 9.17) is 9.47 Å². The summed E-state index contributed by atoms with van der Waals surface area (Å²) in [6.07, 6.45) is 3.18. The molecule has 8 heteroatoms. The lowest BCUT2D eigenvalue weighted by molar-refractivity contribution is -0.139. The van der Waals surface area contributed by atoms with E-state index in [1.807, 2.05) is 4.90 Å². The lowest BCUT2D eigenvalue weighted by Gasteiger charge is -2.38. The van der Waals surface area contributed by atoms with Gasteiger partial charge in [-0.05, 0) is 57.4 Å². The number of rotatable bonds is 5. The van der Waals surface area contributed by atoms with E-state index in [1.165, 1.54) is 16.4 Å². The van der Waals surface area contributed by atoms with Crippen LogP contribution in [0.15, 0.2) is 29.2 Å². The van der Waals surface area contributed by atoms with Crippen LogP contribution in [-0.2, 0) is 19.6 Å². The number of carbonyl (C=O) groups excluding carboxylic acids is 1. The number of hydrogen-bond acceptors (Lipinski definition) is 5. The second-order valence-electron chi connectivity index (χ2n) is 7.21. The molecular formula is C19H28N2O5S. The minimum atomic E-state index is -3.52. The van der Waals surface area contributed by atoms with E-state index in [-0.39, 0.29) is 29.5 Å². The second-order valence-corrected chi connectivity index (χ2v) is 9.14. The van der Waals surface area contributed by atoms with Gasteiger partial charge in [0.25, 0.3) is 5.91 Å². The number of nitrogens with zero attached hydrogens (tertiary/aromatic N) is 2. The van der Waals surface area contributed by atoms with E-state index in [1.54, 1.807) is 12.1 Å². The monoisotopic (exact) mass is 396 g/mol. The van der Waals surface area contributed by atoms with Gasteiger partial charge in [-0.15, -0.1) is 0 Å². The van der Waals surface area contributed by atoms with Crippen LogP contribution in [-0.4, -0.2) is 68.5 Å². The number of piperidine rings is 1. The zero-order valence-corrected chi connectivity index (χ0v) is 16.8. The third kappa shape index (κ3) is 4.62. The van der Waals surface area contributed by atoms with Crippen molar-refractivity contribution >= 4 is 15.9 Å². The topological polar surface area (TPSA) is 76.2 Å². The average molecular weight is 397 g/mol. The first-order valence-electron chi connectivity index (χ1n) is 9.51. The van der Waals surface area contributed by atoms with Crippen molar-refractivity contribution < 1.29 is 22.7 Å². The molecule has 3 rings (SSSR count). The van der Waals surface area contributed by atoms with E-state index in [2.05, 4.69) is 13.8 Å². The number of benzene rings is 1. The summed E-state index contributed by atoms with van der Waals surface area (Å²) in [4.78, 5) is 14.6. The number of sulfonamides is 1. The molecule has 0 saturated carbocycles. The third-order valence-electron chi connectivity index (χ3n) is 5.28. The molecule has 0 bridgehead atoms. The molecule has 150 valence electrons. The number of ether oxygens (including phenoxy) is 2. The molecule has 0 aromatic heterocycles. The van der Waals surface area contributed by atoms with Gasteiger partial charge >= 0.3 is 0 Å². The second kappa shape index (κ2) is 8.58. The van der Waals surface area contributed by atoms with Crippen LogP contribution in [0.5, 0.6) is 5.75 Å². The van der Waals surface area contributed by atoms with Crippen molar-refractivity contribution in [2.45, 2.75) is 50.1 Å². The van der Waals surface area contributed by atoms with Crippen LogP contribution in [0.1, 0.15) is 33.1 Å². The van der Waals surface area contributed by atoms with Gasteiger partial charge in [0.05, 0.1) is 18.1 Å². The first-order chi connectivity index (χ1) is 12.9. The fraction of sp³-hybridized carbons (Fsp3) is 0.632. The Bertz CT molecular complexity index is 734. The molecule has 2 atom stereocenters. The van der Waals surface area contributed by atoms with Gasteiger partial charge in [0.15, 0.2) is 6.61 Å². The third-order valence-corrected chi connectivity index (χ3v) is 7.19. The van der Waals surface area contributed by atoms with Gasteiger partial charge < -0.3 is 14.4 Å². The Hall–Kier alpha value is -1.64. The Labute approximate surface area is 161 Å². The van der Waals surface area contributed by atoms with Crippen LogP contribution in [0.3, 0.4) is 0 Å². The summed E-state index contributed by atoms with van der Waals surface area (Å²) in [5, 5.41) is 0. The highest BCUT2D eigenvalue weighted by atomic mass is 32.2. The Morgan fingerprint density at radius 3 is 2.30 bits per heavy atom. The van der Waals surface area contributed by atoms with Crippen molar-refractivity contribution in [1.29, 1.82) is 0 Å². The number of amides is 1. The summed E-state index contributed by atoms with van der Waals surface area (Å²) < 4.78 is 37.5. The van der Waals surface area contributed by atoms with E-state index in [0.29, 0.717) is 32.1 Å². The summed E-state index contributed by atoms with van der Waals surface area (Å²) in [7, 11) is -3.52. The highest BCUT2D eigenvalue weighted by Gasteiger charge is 2.29. The van der Waals surface area contributed by atoms with Crippen LogP contribution in [0.2, 0.25) is 0 Å². The first kappa shape index (κ1) is 20.1. The molecule has 1 aromatic carbocycles. The van der Waals surface area contributed by atoms with Crippen molar-refractivity contribution in [2.24, 2.45) is 0 Å². The highest BCUT2D eigenvalue weighted by Crippen LogP contribution is 2.24. The molecule has 7 nitrogen and oxygen atoms in total. The standard InChI is InChI=1S/C19H28N2O5S/c1-15-4-3-5-16(2)21(15)19(22)14-26-17-6-8-18(9-7-17)27(23,24)20-10-12-25-13-11-20/h6-9,15-16H,3-5,10-14H2,1-2H3/t15-,16+. The maximum absolute atomic E-state index is 12.6. The van der Waals surface area contributed by atoms with Crippen molar-refractivity contribution in [3.05, 3.63) is 24.3 Å². The molecule has 1 aromatic rings. The molecule has 2 aliphatic rings. The SMILES string of the molecule is C[C@@H]1CCC[C@H](C)N1C(=O)COc1ccc(S(=O)(=O)N2CCOCC2)cc1. The first-order valence-corrected chi connectivity index (χ1v) is 11.0. The number of hydrogen-bond donors (Lipinski definition) is 0. The normalized spacial score (nSPS) is 24.6. The quantitative estimate of drug-likeness (QED) is 0.760. The van der Waals surface area contributed by atoms with E-state index in [9.17, 15) is 13.2 Å². The smallest absolute Gasteiger partial charge is 0.260 e. The van der Waals surface area contributed by atoms with E-state index >= 15 is 0 Å². The van der Waals surface area contributed by atoms with Gasteiger partial charge in [-0.3, -0.25) is 4.79 Å². The number of likely N-dealkylation sites (tertiary alicyclic amines) is 1. The minimum absolute atomic E-state index is 0.0280. The average Bonchev–Trinajstić information content (AvgIpc) is 2.67. The molecule has 2 fully saturated rings. The van der Waals surface area contributed by atoms with Crippen LogP contribution in [0.4, 0.5) is 0 Å². The Morgan fingerprint density at radius 1 is 1.11 bits per heavy atom. The van der Waals surface area contributed by atoms with Gasteiger partial charge in [0.2, 0.25) is 10.0 Å². The highest BCUT2D eigenvalue weighted by molar-refractivity contribution is 7.89. The van der Waals surface area contributed by atoms with Crippen LogP contribution in [0, 0.1) is 0 Å². The summed E-state index contributed by atoms with van der Waals surface area (Å²) in [6.45, 7) is 5.65. The minimum Gasteiger partial charge on any atom is -0.484 e. The zero-order chi connectivity index (χ0) is 19.4. The van der Waals surface area contributed by atoms with E-state index < -0.39 is 10.0 Å². The van der Waals surface area contributed by atoms with Gasteiger partial charge in [0, 0.05) is 25.2 Å². The Kier molecular flexibility index (Phi) is 6.39. The number of morpholine rings is 1. The molecule has 0 radical (unpaired) electrons. The Balaban J connectivity index is 1.60. The predicted molar refractivity (Wildman–Crippen MR) is 101 cm³/mol.